The fourth-order valence-electron chi connectivity index (χ4n) is 2.59. The fourth-order valence-corrected chi connectivity index (χ4v) is 3.89. The Morgan fingerprint density at radius 2 is 2.17 bits per heavy atom. The largest absolute Gasteiger partial charge is 0.325 e. The van der Waals surface area contributed by atoms with Crippen LogP contribution in [0.2, 0.25) is 0 Å². The van der Waals surface area contributed by atoms with Crippen LogP contribution in [0.3, 0.4) is 0 Å². The van der Waals surface area contributed by atoms with Crippen molar-refractivity contribution in [3.05, 3.63) is 59.0 Å². The van der Waals surface area contributed by atoms with E-state index >= 15 is 0 Å². The molecule has 0 spiro atoms. The number of aromatic nitrogens is 3. The highest BCUT2D eigenvalue weighted by Crippen LogP contribution is 2.32. The van der Waals surface area contributed by atoms with Gasteiger partial charge in [0, 0.05) is 40.9 Å². The molecule has 0 saturated heterocycles. The number of nitrogens with one attached hydrogen (secondary N) is 1. The summed E-state index contributed by atoms with van der Waals surface area (Å²) < 4.78 is 2.92. The van der Waals surface area contributed by atoms with Crippen molar-refractivity contribution in [1.82, 2.24) is 14.5 Å². The molecule has 120 valence electrons. The van der Waals surface area contributed by atoms with Gasteiger partial charge in [-0.2, -0.15) is 0 Å². The first-order valence-corrected chi connectivity index (χ1v) is 9.20. The monoisotopic (exact) mass is 400 g/mol. The second kappa shape index (κ2) is 6.41. The predicted octanol–water partition coefficient (Wildman–Crippen LogP) is 4.07. The van der Waals surface area contributed by atoms with Gasteiger partial charge in [0.25, 0.3) is 5.91 Å². The van der Waals surface area contributed by atoms with Crippen LogP contribution in [0.1, 0.15) is 10.4 Å². The van der Waals surface area contributed by atoms with Crippen LogP contribution in [-0.4, -0.2) is 26.2 Å². The van der Waals surface area contributed by atoms with Gasteiger partial charge in [-0.25, -0.2) is 4.98 Å². The number of imidazole rings is 1. The SMILES string of the molecule is O=C(Nc1ccccc1-c1cn2c(n1)SCC2)c1cncc(Br)c1. The number of amides is 1. The van der Waals surface area contributed by atoms with Gasteiger partial charge in [0.15, 0.2) is 5.16 Å². The molecule has 0 bridgehead atoms. The minimum absolute atomic E-state index is 0.197. The van der Waals surface area contributed by atoms with E-state index in [0.29, 0.717) is 5.56 Å². The molecule has 2 aromatic heterocycles. The molecular formula is C17H13BrN4OS. The van der Waals surface area contributed by atoms with Gasteiger partial charge in [0.05, 0.1) is 16.9 Å². The van der Waals surface area contributed by atoms with Crippen molar-refractivity contribution in [2.24, 2.45) is 0 Å². The van der Waals surface area contributed by atoms with Crippen LogP contribution < -0.4 is 5.32 Å². The summed E-state index contributed by atoms with van der Waals surface area (Å²) in [4.78, 5) is 21.2. The molecule has 0 unspecified atom stereocenters. The van der Waals surface area contributed by atoms with E-state index in [-0.39, 0.29) is 5.91 Å². The Hall–Kier alpha value is -2.12. The molecule has 4 rings (SSSR count). The minimum Gasteiger partial charge on any atom is -0.325 e. The first-order valence-electron chi connectivity index (χ1n) is 7.42. The summed E-state index contributed by atoms with van der Waals surface area (Å²) in [6.07, 6.45) is 5.24. The molecule has 3 aromatic rings. The van der Waals surface area contributed by atoms with E-state index in [0.717, 1.165) is 38.9 Å². The number of carbonyl (C=O) groups excluding carboxylic acids is 1. The third-order valence-electron chi connectivity index (χ3n) is 3.72. The van der Waals surface area contributed by atoms with Crippen molar-refractivity contribution in [2.45, 2.75) is 11.7 Å². The molecule has 0 aliphatic carbocycles. The zero-order chi connectivity index (χ0) is 16.5. The maximum absolute atomic E-state index is 12.5. The Morgan fingerprint density at radius 3 is 3.00 bits per heavy atom. The molecule has 1 aromatic carbocycles. The van der Waals surface area contributed by atoms with E-state index < -0.39 is 0 Å². The molecule has 0 atom stereocenters. The average Bonchev–Trinajstić information content (AvgIpc) is 3.17. The topological polar surface area (TPSA) is 59.8 Å². The smallest absolute Gasteiger partial charge is 0.257 e. The van der Waals surface area contributed by atoms with E-state index in [4.69, 9.17) is 0 Å². The lowest BCUT2D eigenvalue weighted by atomic mass is 10.1. The number of hydrogen-bond acceptors (Lipinski definition) is 4. The van der Waals surface area contributed by atoms with Crippen LogP contribution >= 0.6 is 27.7 Å². The van der Waals surface area contributed by atoms with Crippen LogP contribution in [0.4, 0.5) is 5.69 Å². The van der Waals surface area contributed by atoms with Crippen LogP contribution in [0.5, 0.6) is 0 Å². The van der Waals surface area contributed by atoms with Gasteiger partial charge in [-0.15, -0.1) is 0 Å². The number of aryl methyl sites for hydroxylation is 1. The lowest BCUT2D eigenvalue weighted by molar-refractivity contribution is 0.102. The van der Waals surface area contributed by atoms with Gasteiger partial charge in [0.1, 0.15) is 0 Å². The second-order valence-corrected chi connectivity index (χ2v) is 7.32. The van der Waals surface area contributed by atoms with Crippen LogP contribution in [0.25, 0.3) is 11.3 Å². The highest BCUT2D eigenvalue weighted by Gasteiger charge is 2.18. The molecule has 1 N–H and O–H groups in total. The van der Waals surface area contributed by atoms with E-state index in [1.165, 1.54) is 0 Å². The molecule has 24 heavy (non-hydrogen) atoms. The highest BCUT2D eigenvalue weighted by molar-refractivity contribution is 9.10. The highest BCUT2D eigenvalue weighted by atomic mass is 79.9. The summed E-state index contributed by atoms with van der Waals surface area (Å²) in [7, 11) is 0. The molecule has 0 saturated carbocycles. The Morgan fingerprint density at radius 1 is 1.29 bits per heavy atom. The van der Waals surface area contributed by atoms with Crippen LogP contribution in [0.15, 0.2) is 58.6 Å². The molecule has 1 aliphatic rings. The predicted molar refractivity (Wildman–Crippen MR) is 98.3 cm³/mol. The number of fused-ring (bicyclic) bond motifs is 1. The number of pyridine rings is 1. The van der Waals surface area contributed by atoms with Gasteiger partial charge < -0.3 is 9.88 Å². The summed E-state index contributed by atoms with van der Waals surface area (Å²) >= 11 is 5.09. The molecule has 7 heteroatoms. The van der Waals surface area contributed by atoms with Gasteiger partial charge >= 0.3 is 0 Å². The van der Waals surface area contributed by atoms with Gasteiger partial charge in [-0.1, -0.05) is 30.0 Å². The van der Waals surface area contributed by atoms with E-state index in [2.05, 4.69) is 35.8 Å². The van der Waals surface area contributed by atoms with Crippen molar-refractivity contribution in [2.75, 3.05) is 11.1 Å². The molecule has 0 fully saturated rings. The lowest BCUT2D eigenvalue weighted by Crippen LogP contribution is -2.13. The number of hydrogen-bond donors (Lipinski definition) is 1. The zero-order valence-electron chi connectivity index (χ0n) is 12.6. The second-order valence-electron chi connectivity index (χ2n) is 5.34. The maximum atomic E-state index is 12.5. The van der Waals surface area contributed by atoms with Crippen molar-refractivity contribution in [3.63, 3.8) is 0 Å². The summed E-state index contributed by atoms with van der Waals surface area (Å²) in [5.41, 5.74) is 3.03. The Kier molecular flexibility index (Phi) is 4.12. The summed E-state index contributed by atoms with van der Waals surface area (Å²) in [6.45, 7) is 0.977. The van der Waals surface area contributed by atoms with Gasteiger partial charge in [0.2, 0.25) is 0 Å². The summed E-state index contributed by atoms with van der Waals surface area (Å²) in [5, 5.41) is 3.99. The minimum atomic E-state index is -0.197. The molecular weight excluding hydrogens is 388 g/mol. The number of carbonyl (C=O) groups is 1. The molecule has 3 heterocycles. The van der Waals surface area contributed by atoms with E-state index in [1.54, 1.807) is 30.2 Å². The summed E-state index contributed by atoms with van der Waals surface area (Å²) in [6, 6.07) is 9.44. The normalized spacial score (nSPS) is 12.9. The number of thioether (sulfide) groups is 1. The van der Waals surface area contributed by atoms with E-state index in [9.17, 15) is 4.79 Å². The standard InChI is InChI=1S/C17H13BrN4OS/c18-12-7-11(8-19-9-12)16(23)20-14-4-2-1-3-13(14)15-10-22-5-6-24-17(22)21-15/h1-4,7-10H,5-6H2,(H,20,23). The Balaban J connectivity index is 1.65. The van der Waals surface area contributed by atoms with Crippen molar-refractivity contribution in [1.29, 1.82) is 0 Å². The Labute approximate surface area is 151 Å². The molecule has 1 amide bonds. The Bertz CT molecular complexity index is 903. The fraction of sp³-hybridized carbons (Fsp3) is 0.118. The average molecular weight is 401 g/mol. The molecule has 5 nitrogen and oxygen atoms in total. The number of rotatable bonds is 3. The quantitative estimate of drug-likeness (QED) is 0.719. The lowest BCUT2D eigenvalue weighted by Gasteiger charge is -2.09. The van der Waals surface area contributed by atoms with Crippen molar-refractivity contribution < 1.29 is 4.79 Å². The summed E-state index contributed by atoms with van der Waals surface area (Å²) in [5.74, 6) is 0.869. The number of anilines is 1. The number of nitrogens with zero attached hydrogens (tertiary/aromatic N) is 3. The third kappa shape index (κ3) is 2.97. The third-order valence-corrected chi connectivity index (χ3v) is 5.13. The number of para-hydroxylation sites is 1. The zero-order valence-corrected chi connectivity index (χ0v) is 15.0. The first kappa shape index (κ1) is 15.4. The van der Waals surface area contributed by atoms with Gasteiger partial charge in [-0.3, -0.25) is 9.78 Å². The maximum Gasteiger partial charge on any atom is 0.257 e. The molecule has 1 aliphatic heterocycles. The number of halogens is 1. The van der Waals surface area contributed by atoms with Gasteiger partial charge in [-0.05, 0) is 28.1 Å². The first-order chi connectivity index (χ1) is 11.7. The van der Waals surface area contributed by atoms with E-state index in [1.807, 2.05) is 30.5 Å². The number of benzene rings is 1. The van der Waals surface area contributed by atoms with Crippen molar-refractivity contribution >= 4 is 39.3 Å². The van der Waals surface area contributed by atoms with Crippen LogP contribution in [-0.2, 0) is 6.54 Å². The van der Waals surface area contributed by atoms with Crippen LogP contribution in [0, 0.1) is 0 Å². The van der Waals surface area contributed by atoms with Crippen molar-refractivity contribution in [3.8, 4) is 11.3 Å². The molecule has 0 radical (unpaired) electrons.